The van der Waals surface area contributed by atoms with E-state index in [1.807, 2.05) is 0 Å². The summed E-state index contributed by atoms with van der Waals surface area (Å²) < 4.78 is 0. The Kier molecular flexibility index (Phi) is 5.06. The van der Waals surface area contributed by atoms with Gasteiger partial charge in [-0.1, -0.05) is 12.1 Å². The number of aliphatic hydroxyl groups is 1. The van der Waals surface area contributed by atoms with Crippen LogP contribution in [0.5, 0.6) is 0 Å². The third-order valence-corrected chi connectivity index (χ3v) is 2.13. The SMILES string of the molecule is CC(O)CNC(=O)CNc1ccccc1[N+](=O)[O-]. The molecule has 0 aliphatic heterocycles. The lowest BCUT2D eigenvalue weighted by molar-refractivity contribution is -0.383. The van der Waals surface area contributed by atoms with Gasteiger partial charge in [0.25, 0.3) is 5.69 Å². The molecule has 1 unspecified atom stereocenters. The van der Waals surface area contributed by atoms with Crippen molar-refractivity contribution in [3.63, 3.8) is 0 Å². The third-order valence-electron chi connectivity index (χ3n) is 2.13. The van der Waals surface area contributed by atoms with Crippen molar-refractivity contribution in [3.05, 3.63) is 34.4 Å². The van der Waals surface area contributed by atoms with Crippen molar-refractivity contribution in [2.45, 2.75) is 13.0 Å². The molecule has 1 rings (SSSR count). The lowest BCUT2D eigenvalue weighted by Crippen LogP contribution is -2.34. The van der Waals surface area contributed by atoms with Crippen LogP contribution in [0.1, 0.15) is 6.92 Å². The van der Waals surface area contributed by atoms with Gasteiger partial charge >= 0.3 is 0 Å². The van der Waals surface area contributed by atoms with Crippen LogP contribution in [0.2, 0.25) is 0 Å². The molecule has 1 aromatic carbocycles. The summed E-state index contributed by atoms with van der Waals surface area (Å²) in [4.78, 5) is 21.5. The van der Waals surface area contributed by atoms with E-state index in [1.165, 1.54) is 12.1 Å². The summed E-state index contributed by atoms with van der Waals surface area (Å²) in [5.74, 6) is -0.339. The number of amides is 1. The Morgan fingerprint density at radius 1 is 1.50 bits per heavy atom. The van der Waals surface area contributed by atoms with Crippen LogP contribution >= 0.6 is 0 Å². The average Bonchev–Trinajstić information content (AvgIpc) is 2.34. The van der Waals surface area contributed by atoms with E-state index < -0.39 is 11.0 Å². The highest BCUT2D eigenvalue weighted by Crippen LogP contribution is 2.22. The van der Waals surface area contributed by atoms with Gasteiger partial charge in [0.1, 0.15) is 5.69 Å². The Balaban J connectivity index is 2.53. The van der Waals surface area contributed by atoms with Crippen LogP contribution in [-0.4, -0.2) is 35.1 Å². The van der Waals surface area contributed by atoms with E-state index in [0.717, 1.165) is 0 Å². The molecule has 0 radical (unpaired) electrons. The molecule has 0 aromatic heterocycles. The van der Waals surface area contributed by atoms with Crippen molar-refractivity contribution in [1.82, 2.24) is 5.32 Å². The minimum atomic E-state index is -0.625. The van der Waals surface area contributed by atoms with E-state index >= 15 is 0 Å². The van der Waals surface area contributed by atoms with Crippen molar-refractivity contribution in [1.29, 1.82) is 0 Å². The smallest absolute Gasteiger partial charge is 0.292 e. The van der Waals surface area contributed by atoms with Crippen LogP contribution in [0.3, 0.4) is 0 Å². The highest BCUT2D eigenvalue weighted by molar-refractivity contribution is 5.81. The number of aliphatic hydroxyl groups excluding tert-OH is 1. The zero-order chi connectivity index (χ0) is 13.5. The first kappa shape index (κ1) is 13.9. The van der Waals surface area contributed by atoms with E-state index in [4.69, 9.17) is 5.11 Å². The normalized spacial score (nSPS) is 11.7. The van der Waals surface area contributed by atoms with Gasteiger partial charge in [0.15, 0.2) is 0 Å². The predicted octanol–water partition coefficient (Wildman–Crippen LogP) is 0.504. The maximum absolute atomic E-state index is 11.3. The van der Waals surface area contributed by atoms with E-state index in [0.29, 0.717) is 0 Å². The number of nitrogens with one attached hydrogen (secondary N) is 2. The van der Waals surface area contributed by atoms with Gasteiger partial charge in [-0.3, -0.25) is 14.9 Å². The molecular formula is C11H15N3O4. The van der Waals surface area contributed by atoms with Crippen LogP contribution in [0.25, 0.3) is 0 Å². The van der Waals surface area contributed by atoms with Gasteiger partial charge < -0.3 is 15.7 Å². The minimum Gasteiger partial charge on any atom is -0.392 e. The standard InChI is InChI=1S/C11H15N3O4/c1-8(15)6-13-11(16)7-12-9-4-2-3-5-10(9)14(17)18/h2-5,8,12,15H,6-7H2,1H3,(H,13,16). The average molecular weight is 253 g/mol. The Labute approximate surface area is 104 Å². The molecule has 0 saturated heterocycles. The fourth-order valence-corrected chi connectivity index (χ4v) is 1.28. The molecule has 98 valence electrons. The van der Waals surface area contributed by atoms with Crippen LogP contribution in [-0.2, 0) is 4.79 Å². The molecule has 1 aromatic rings. The zero-order valence-corrected chi connectivity index (χ0v) is 9.92. The molecule has 1 atom stereocenters. The third kappa shape index (κ3) is 4.38. The summed E-state index contributed by atoms with van der Waals surface area (Å²) in [6.07, 6.45) is -0.625. The first-order chi connectivity index (χ1) is 8.50. The second kappa shape index (κ2) is 6.55. The lowest BCUT2D eigenvalue weighted by atomic mass is 10.2. The second-order valence-electron chi connectivity index (χ2n) is 3.78. The van der Waals surface area contributed by atoms with Crippen LogP contribution in [0.4, 0.5) is 11.4 Å². The summed E-state index contributed by atoms with van der Waals surface area (Å²) >= 11 is 0. The van der Waals surface area contributed by atoms with Gasteiger partial charge in [0, 0.05) is 12.6 Å². The summed E-state index contributed by atoms with van der Waals surface area (Å²) in [5, 5.41) is 24.9. The number of para-hydroxylation sites is 2. The number of carbonyl (C=O) groups excluding carboxylic acids is 1. The molecule has 0 aliphatic rings. The molecule has 0 heterocycles. The molecule has 0 aliphatic carbocycles. The lowest BCUT2D eigenvalue weighted by Gasteiger charge is -2.09. The number of nitrogens with zero attached hydrogens (tertiary/aromatic N) is 1. The van der Waals surface area contributed by atoms with Crippen molar-refractivity contribution >= 4 is 17.3 Å². The summed E-state index contributed by atoms with van der Waals surface area (Å²) in [6, 6.07) is 6.08. The minimum absolute atomic E-state index is 0.0826. The maximum atomic E-state index is 11.3. The van der Waals surface area contributed by atoms with Crippen molar-refractivity contribution < 1.29 is 14.8 Å². The van der Waals surface area contributed by atoms with Crippen molar-refractivity contribution in [3.8, 4) is 0 Å². The Bertz CT molecular complexity index is 434. The molecular weight excluding hydrogens is 238 g/mol. The monoisotopic (exact) mass is 253 g/mol. The van der Waals surface area contributed by atoms with Gasteiger partial charge in [0.2, 0.25) is 5.91 Å². The van der Waals surface area contributed by atoms with Crippen molar-refractivity contribution in [2.75, 3.05) is 18.4 Å². The number of hydrogen-bond donors (Lipinski definition) is 3. The highest BCUT2D eigenvalue weighted by Gasteiger charge is 2.12. The van der Waals surface area contributed by atoms with Gasteiger partial charge in [0.05, 0.1) is 17.6 Å². The molecule has 0 spiro atoms. The fraction of sp³-hybridized carbons (Fsp3) is 0.364. The molecule has 18 heavy (non-hydrogen) atoms. The number of carbonyl (C=O) groups is 1. The fourth-order valence-electron chi connectivity index (χ4n) is 1.28. The number of rotatable bonds is 6. The highest BCUT2D eigenvalue weighted by atomic mass is 16.6. The second-order valence-corrected chi connectivity index (χ2v) is 3.78. The van der Waals surface area contributed by atoms with Crippen LogP contribution in [0.15, 0.2) is 24.3 Å². The molecule has 7 heteroatoms. The number of nitro groups is 1. The van der Waals surface area contributed by atoms with Gasteiger partial charge in [-0.2, -0.15) is 0 Å². The Hall–Kier alpha value is -2.15. The topological polar surface area (TPSA) is 104 Å². The van der Waals surface area contributed by atoms with Gasteiger partial charge in [-0.15, -0.1) is 0 Å². The Morgan fingerprint density at radius 3 is 2.78 bits per heavy atom. The molecule has 7 nitrogen and oxygen atoms in total. The summed E-state index contributed by atoms with van der Waals surface area (Å²) in [5.41, 5.74) is 0.204. The number of benzene rings is 1. The molecule has 0 saturated carbocycles. The summed E-state index contributed by atoms with van der Waals surface area (Å²) in [6.45, 7) is 1.62. The van der Waals surface area contributed by atoms with Gasteiger partial charge in [-0.05, 0) is 13.0 Å². The zero-order valence-electron chi connectivity index (χ0n) is 9.92. The predicted molar refractivity (Wildman–Crippen MR) is 66.3 cm³/mol. The van der Waals surface area contributed by atoms with E-state index in [-0.39, 0.29) is 30.4 Å². The molecule has 0 fully saturated rings. The number of anilines is 1. The van der Waals surface area contributed by atoms with E-state index in [2.05, 4.69) is 10.6 Å². The largest absolute Gasteiger partial charge is 0.392 e. The molecule has 3 N–H and O–H groups in total. The van der Waals surface area contributed by atoms with Crippen LogP contribution in [0, 0.1) is 10.1 Å². The molecule has 1 amide bonds. The first-order valence-electron chi connectivity index (χ1n) is 5.42. The number of nitro benzene ring substituents is 1. The van der Waals surface area contributed by atoms with Gasteiger partial charge in [-0.25, -0.2) is 0 Å². The number of hydrogen-bond acceptors (Lipinski definition) is 5. The van der Waals surface area contributed by atoms with E-state index in [1.54, 1.807) is 19.1 Å². The maximum Gasteiger partial charge on any atom is 0.292 e. The van der Waals surface area contributed by atoms with Crippen molar-refractivity contribution in [2.24, 2.45) is 0 Å². The summed E-state index contributed by atoms with van der Waals surface area (Å²) in [7, 11) is 0. The van der Waals surface area contributed by atoms with E-state index in [9.17, 15) is 14.9 Å². The van der Waals surface area contributed by atoms with Crippen LogP contribution < -0.4 is 10.6 Å². The Morgan fingerprint density at radius 2 is 2.17 bits per heavy atom. The first-order valence-corrected chi connectivity index (χ1v) is 5.42. The molecule has 0 bridgehead atoms. The quantitative estimate of drug-likeness (QED) is 0.506.